The van der Waals surface area contributed by atoms with Crippen LogP contribution in [0.25, 0.3) is 0 Å². The number of fused-ring (bicyclic) bond motifs is 3. The van der Waals surface area contributed by atoms with Crippen LogP contribution in [-0.4, -0.2) is 72.7 Å². The van der Waals surface area contributed by atoms with Gasteiger partial charge < -0.3 is 28.4 Å². The van der Waals surface area contributed by atoms with Crippen molar-refractivity contribution in [3.05, 3.63) is 23.8 Å². The van der Waals surface area contributed by atoms with Gasteiger partial charge in [-0.3, -0.25) is 4.79 Å². The first kappa shape index (κ1) is 23.4. The minimum Gasteiger partial charge on any atom is -0.466 e. The number of epoxide rings is 2. The number of carbonyl (C=O) groups excluding carboxylic acids is 4. The third-order valence-electron chi connectivity index (χ3n) is 6.97. The summed E-state index contributed by atoms with van der Waals surface area (Å²) in [5.41, 5.74) is -1.77. The molecule has 0 radical (unpaired) electrons. The van der Waals surface area contributed by atoms with Crippen LogP contribution >= 0.6 is 0 Å². The number of hydrogen-bond acceptors (Lipinski definition) is 10. The summed E-state index contributed by atoms with van der Waals surface area (Å²) in [5, 5.41) is 0. The molecule has 3 aliphatic heterocycles. The fraction of sp³-hybridized carbons (Fsp3) is 0.652. The van der Waals surface area contributed by atoms with Crippen molar-refractivity contribution >= 4 is 23.9 Å². The normalized spacial score (nSPS) is 43.1. The highest BCUT2D eigenvalue weighted by atomic mass is 16.7. The van der Waals surface area contributed by atoms with Crippen molar-refractivity contribution < 1.29 is 47.6 Å². The molecule has 0 aromatic carbocycles. The SMILES string of the molecule is C=C1C(=O)O[C@H]2[C@H]1C(OC(=O)C1(C)OC1C)[C@@H](OC(C)=O)/C(C(=O)OC)=C\CC[C@@]1(C)O[C@@H]21. The Labute approximate surface area is 191 Å². The average Bonchev–Trinajstić information content (AvgIpc) is 3.57. The minimum absolute atomic E-state index is 0.00554. The number of allylic oxidation sites excluding steroid dienone is 1. The lowest BCUT2D eigenvalue weighted by atomic mass is 9.80. The van der Waals surface area contributed by atoms with Gasteiger partial charge >= 0.3 is 23.9 Å². The zero-order valence-corrected chi connectivity index (χ0v) is 19.2. The number of methoxy groups -OCH3 is 1. The van der Waals surface area contributed by atoms with Gasteiger partial charge in [-0.2, -0.15) is 0 Å². The Morgan fingerprint density at radius 3 is 2.42 bits per heavy atom. The van der Waals surface area contributed by atoms with Crippen molar-refractivity contribution in [3.63, 3.8) is 0 Å². The zero-order chi connectivity index (χ0) is 24.3. The maximum atomic E-state index is 13.1. The van der Waals surface area contributed by atoms with E-state index in [9.17, 15) is 19.2 Å². The molecule has 3 saturated heterocycles. The second-order valence-corrected chi connectivity index (χ2v) is 9.23. The number of ether oxygens (including phenoxy) is 6. The molecular weight excluding hydrogens is 436 g/mol. The Morgan fingerprint density at radius 1 is 1.18 bits per heavy atom. The van der Waals surface area contributed by atoms with Gasteiger partial charge in [0.2, 0.25) is 0 Å². The molecule has 4 aliphatic rings. The van der Waals surface area contributed by atoms with E-state index in [0.29, 0.717) is 12.8 Å². The van der Waals surface area contributed by atoms with Gasteiger partial charge in [0.05, 0.1) is 30.3 Å². The summed E-state index contributed by atoms with van der Waals surface area (Å²) in [5.74, 6) is -3.79. The molecule has 1 aliphatic carbocycles. The molecule has 10 nitrogen and oxygen atoms in total. The Hall–Kier alpha value is -2.72. The van der Waals surface area contributed by atoms with E-state index in [0.717, 1.165) is 0 Å². The number of hydrogen-bond donors (Lipinski definition) is 0. The topological polar surface area (TPSA) is 130 Å². The van der Waals surface area contributed by atoms with Crippen LogP contribution in [0.3, 0.4) is 0 Å². The molecule has 3 heterocycles. The van der Waals surface area contributed by atoms with Crippen LogP contribution in [0.5, 0.6) is 0 Å². The molecule has 0 N–H and O–H groups in total. The van der Waals surface area contributed by atoms with Crippen LogP contribution in [0.2, 0.25) is 0 Å². The molecule has 0 aromatic heterocycles. The van der Waals surface area contributed by atoms with Crippen molar-refractivity contribution in [3.8, 4) is 0 Å². The van der Waals surface area contributed by atoms with E-state index in [-0.39, 0.29) is 17.3 Å². The van der Waals surface area contributed by atoms with E-state index in [1.54, 1.807) is 19.9 Å². The first-order valence-corrected chi connectivity index (χ1v) is 10.8. The van der Waals surface area contributed by atoms with Crippen LogP contribution in [-0.2, 0) is 47.6 Å². The summed E-state index contributed by atoms with van der Waals surface area (Å²) in [6, 6.07) is 0. The second kappa shape index (κ2) is 7.95. The van der Waals surface area contributed by atoms with Gasteiger partial charge in [-0.1, -0.05) is 12.7 Å². The third kappa shape index (κ3) is 3.95. The van der Waals surface area contributed by atoms with E-state index in [1.807, 2.05) is 6.92 Å². The Bertz CT molecular complexity index is 953. The van der Waals surface area contributed by atoms with E-state index >= 15 is 0 Å². The fourth-order valence-corrected chi connectivity index (χ4v) is 4.66. The zero-order valence-electron chi connectivity index (χ0n) is 19.2. The average molecular weight is 464 g/mol. The lowest BCUT2D eigenvalue weighted by Gasteiger charge is -2.34. The molecule has 8 atom stereocenters. The molecule has 0 bridgehead atoms. The van der Waals surface area contributed by atoms with E-state index in [1.165, 1.54) is 14.0 Å². The molecule has 10 heteroatoms. The Morgan fingerprint density at radius 2 is 1.85 bits per heavy atom. The van der Waals surface area contributed by atoms with Crippen molar-refractivity contribution in [2.45, 2.75) is 82.3 Å². The van der Waals surface area contributed by atoms with Crippen LogP contribution in [0, 0.1) is 5.92 Å². The Kier molecular flexibility index (Phi) is 5.65. The summed E-state index contributed by atoms with van der Waals surface area (Å²) in [4.78, 5) is 50.4. The quantitative estimate of drug-likeness (QED) is 0.258. The molecule has 0 amide bonds. The number of carbonyl (C=O) groups is 4. The van der Waals surface area contributed by atoms with Gasteiger partial charge in [0, 0.05) is 12.5 Å². The van der Waals surface area contributed by atoms with Crippen molar-refractivity contribution in [2.24, 2.45) is 5.92 Å². The molecule has 3 fully saturated rings. The second-order valence-electron chi connectivity index (χ2n) is 9.23. The van der Waals surface area contributed by atoms with Gasteiger partial charge in [0.15, 0.2) is 17.8 Å². The van der Waals surface area contributed by atoms with E-state index < -0.39 is 65.4 Å². The fourth-order valence-electron chi connectivity index (χ4n) is 4.66. The molecule has 33 heavy (non-hydrogen) atoms. The highest BCUT2D eigenvalue weighted by Gasteiger charge is 2.66. The minimum atomic E-state index is -1.36. The first-order valence-electron chi connectivity index (χ1n) is 10.8. The van der Waals surface area contributed by atoms with Crippen LogP contribution < -0.4 is 0 Å². The van der Waals surface area contributed by atoms with Crippen molar-refractivity contribution in [1.82, 2.24) is 0 Å². The number of rotatable bonds is 4. The van der Waals surface area contributed by atoms with Crippen LogP contribution in [0.15, 0.2) is 23.8 Å². The first-order chi connectivity index (χ1) is 15.4. The standard InChI is InChI=1S/C23H28O10/c1-10-14-16(31-21(27)23(5)11(2)32-23)15(29-12(3)24)13(20(26)28-6)8-7-9-22(4)18(33-22)17(14)30-19(10)25/h8,11,14-18H,1,7,9H2,2-6H3/b13-8+/t11?,14-,15+,16?,17+,18+,22-,23?/m1/s1. The summed E-state index contributed by atoms with van der Waals surface area (Å²) in [6.45, 7) is 10.2. The molecule has 180 valence electrons. The molecular formula is C23H28O10. The Balaban J connectivity index is 1.82. The highest BCUT2D eigenvalue weighted by molar-refractivity contribution is 5.93. The van der Waals surface area contributed by atoms with Crippen LogP contribution in [0.4, 0.5) is 0 Å². The summed E-state index contributed by atoms with van der Waals surface area (Å²) >= 11 is 0. The third-order valence-corrected chi connectivity index (χ3v) is 6.97. The van der Waals surface area contributed by atoms with Gasteiger partial charge in [-0.25, -0.2) is 14.4 Å². The predicted octanol–water partition coefficient (Wildman–Crippen LogP) is 1.16. The monoisotopic (exact) mass is 464 g/mol. The summed E-state index contributed by atoms with van der Waals surface area (Å²) < 4.78 is 33.2. The van der Waals surface area contributed by atoms with Gasteiger partial charge in [0.25, 0.3) is 0 Å². The van der Waals surface area contributed by atoms with E-state index in [2.05, 4.69) is 6.58 Å². The summed E-state index contributed by atoms with van der Waals surface area (Å²) in [7, 11) is 1.19. The maximum absolute atomic E-state index is 13.1. The molecule has 0 aromatic rings. The lowest BCUT2D eigenvalue weighted by Crippen LogP contribution is -2.49. The van der Waals surface area contributed by atoms with Crippen LogP contribution in [0.1, 0.15) is 40.5 Å². The lowest BCUT2D eigenvalue weighted by molar-refractivity contribution is -0.175. The molecule has 0 spiro atoms. The number of esters is 4. The molecule has 3 unspecified atom stereocenters. The van der Waals surface area contributed by atoms with Gasteiger partial charge in [0.1, 0.15) is 12.2 Å². The summed E-state index contributed by atoms with van der Waals surface area (Å²) in [6.07, 6.45) is -1.87. The largest absolute Gasteiger partial charge is 0.466 e. The van der Waals surface area contributed by atoms with Gasteiger partial charge in [-0.05, 0) is 33.6 Å². The highest BCUT2D eigenvalue weighted by Crippen LogP contribution is 2.51. The molecule has 0 saturated carbocycles. The van der Waals surface area contributed by atoms with Crippen molar-refractivity contribution in [2.75, 3.05) is 7.11 Å². The molecule has 4 rings (SSSR count). The van der Waals surface area contributed by atoms with Gasteiger partial charge in [-0.15, -0.1) is 0 Å². The van der Waals surface area contributed by atoms with E-state index in [4.69, 9.17) is 28.4 Å². The van der Waals surface area contributed by atoms with Crippen molar-refractivity contribution in [1.29, 1.82) is 0 Å². The smallest absolute Gasteiger partial charge is 0.341 e. The maximum Gasteiger partial charge on any atom is 0.341 e. The predicted molar refractivity (Wildman–Crippen MR) is 110 cm³/mol.